The molecule has 0 atom stereocenters. The van der Waals surface area contributed by atoms with Gasteiger partial charge < -0.3 is 9.47 Å². The molecule has 0 aromatic heterocycles. The number of halogens is 1. The van der Waals surface area contributed by atoms with Gasteiger partial charge in [-0.15, -0.1) is 12.4 Å². The van der Waals surface area contributed by atoms with Gasteiger partial charge in [0.2, 0.25) is 5.90 Å². The second-order valence-electron chi connectivity index (χ2n) is 1.06. The first kappa shape index (κ1) is 10.7. The van der Waals surface area contributed by atoms with Crippen LogP contribution in [0, 0.1) is 5.41 Å². The Morgan fingerprint density at radius 3 is 2.12 bits per heavy atom. The highest BCUT2D eigenvalue weighted by Gasteiger charge is 1.87. The molecule has 0 unspecified atom stereocenters. The van der Waals surface area contributed by atoms with Gasteiger partial charge in [-0.1, -0.05) is 0 Å². The lowest BCUT2D eigenvalue weighted by atomic mass is 10.7. The van der Waals surface area contributed by atoms with Gasteiger partial charge in [-0.3, -0.25) is 5.41 Å². The van der Waals surface area contributed by atoms with E-state index in [4.69, 9.17) is 5.41 Å². The predicted octanol–water partition coefficient (Wildman–Crippen LogP) is 0.678. The molecule has 0 aliphatic heterocycles. The smallest absolute Gasteiger partial charge is 0.206 e. The molecule has 50 valence electrons. The first-order chi connectivity index (χ1) is 3.31. The number of rotatable bonds is 2. The fourth-order valence-electron chi connectivity index (χ4n) is 0.190. The van der Waals surface area contributed by atoms with E-state index < -0.39 is 0 Å². The van der Waals surface area contributed by atoms with E-state index in [9.17, 15) is 0 Å². The Labute approximate surface area is 54.9 Å². The van der Waals surface area contributed by atoms with E-state index in [1.165, 1.54) is 14.2 Å². The Morgan fingerprint density at radius 2 is 2.00 bits per heavy atom. The summed E-state index contributed by atoms with van der Waals surface area (Å²) in [5.74, 6) is 0.155. The van der Waals surface area contributed by atoms with Crippen LogP contribution in [0.3, 0.4) is 0 Å². The van der Waals surface area contributed by atoms with Gasteiger partial charge in [0.05, 0.1) is 7.11 Å². The quantitative estimate of drug-likeness (QED) is 0.452. The minimum Gasteiger partial charge on any atom is -0.483 e. The van der Waals surface area contributed by atoms with Gasteiger partial charge in [-0.05, 0) is 0 Å². The minimum absolute atomic E-state index is 0. The first-order valence-corrected chi connectivity index (χ1v) is 1.91. The van der Waals surface area contributed by atoms with Gasteiger partial charge in [0.15, 0.2) is 0 Å². The van der Waals surface area contributed by atoms with Crippen LogP contribution in [0.15, 0.2) is 0 Å². The van der Waals surface area contributed by atoms with Crippen LogP contribution in [-0.2, 0) is 9.47 Å². The summed E-state index contributed by atoms with van der Waals surface area (Å²) >= 11 is 0. The molecule has 8 heavy (non-hydrogen) atoms. The second kappa shape index (κ2) is 6.72. The van der Waals surface area contributed by atoms with Crippen molar-refractivity contribution in [3.05, 3.63) is 0 Å². The fraction of sp³-hybridized carbons (Fsp3) is 0.750. The highest BCUT2D eigenvalue weighted by atomic mass is 35.5. The van der Waals surface area contributed by atoms with Crippen molar-refractivity contribution in [1.29, 1.82) is 5.41 Å². The molecule has 0 aromatic carbocycles. The fourth-order valence-corrected chi connectivity index (χ4v) is 0.190. The van der Waals surface area contributed by atoms with E-state index in [2.05, 4.69) is 9.47 Å². The monoisotopic (exact) mass is 139 g/mol. The number of hydrogen-bond acceptors (Lipinski definition) is 3. The standard InChI is InChI=1S/C4H9NO2.ClH/c1-6-3-4(5)7-2;/h5H,3H2,1-2H3;1H. The SMILES string of the molecule is COCC(=N)OC.Cl. The summed E-state index contributed by atoms with van der Waals surface area (Å²) in [6.45, 7) is 0.260. The Morgan fingerprint density at radius 1 is 1.50 bits per heavy atom. The van der Waals surface area contributed by atoms with Crippen molar-refractivity contribution < 1.29 is 9.47 Å². The zero-order valence-electron chi connectivity index (χ0n) is 4.93. The average molecular weight is 140 g/mol. The van der Waals surface area contributed by atoms with Crippen LogP contribution in [0.2, 0.25) is 0 Å². The van der Waals surface area contributed by atoms with Crippen molar-refractivity contribution in [3.8, 4) is 0 Å². The van der Waals surface area contributed by atoms with Crippen molar-refractivity contribution in [2.24, 2.45) is 0 Å². The molecule has 1 N–H and O–H groups in total. The van der Waals surface area contributed by atoms with Crippen LogP contribution >= 0.6 is 12.4 Å². The van der Waals surface area contributed by atoms with Crippen LogP contribution < -0.4 is 0 Å². The van der Waals surface area contributed by atoms with Crippen LogP contribution in [0.1, 0.15) is 0 Å². The minimum atomic E-state index is 0. The molecule has 0 radical (unpaired) electrons. The topological polar surface area (TPSA) is 42.3 Å². The molecule has 0 spiro atoms. The predicted molar refractivity (Wildman–Crippen MR) is 33.9 cm³/mol. The normalized spacial score (nSPS) is 7.25. The summed E-state index contributed by atoms with van der Waals surface area (Å²) in [6.07, 6.45) is 0. The Balaban J connectivity index is 0. The molecule has 0 rings (SSSR count). The lowest BCUT2D eigenvalue weighted by Gasteiger charge is -1.96. The molecule has 0 fully saturated rings. The summed E-state index contributed by atoms with van der Waals surface area (Å²) in [7, 11) is 2.97. The van der Waals surface area contributed by atoms with Crippen molar-refractivity contribution in [1.82, 2.24) is 0 Å². The van der Waals surface area contributed by atoms with Crippen LogP contribution in [-0.4, -0.2) is 26.7 Å². The van der Waals surface area contributed by atoms with E-state index in [-0.39, 0.29) is 24.9 Å². The van der Waals surface area contributed by atoms with Crippen molar-refractivity contribution in [3.63, 3.8) is 0 Å². The highest BCUT2D eigenvalue weighted by molar-refractivity contribution is 5.85. The maximum atomic E-state index is 6.79. The van der Waals surface area contributed by atoms with Crippen molar-refractivity contribution in [2.45, 2.75) is 0 Å². The van der Waals surface area contributed by atoms with Gasteiger partial charge in [-0.2, -0.15) is 0 Å². The summed E-state index contributed by atoms with van der Waals surface area (Å²) in [6, 6.07) is 0. The summed E-state index contributed by atoms with van der Waals surface area (Å²) < 4.78 is 8.99. The zero-order valence-corrected chi connectivity index (χ0v) is 5.75. The molecule has 0 saturated carbocycles. The molecule has 0 aliphatic rings. The van der Waals surface area contributed by atoms with Crippen molar-refractivity contribution in [2.75, 3.05) is 20.8 Å². The molecule has 0 bridgehead atoms. The van der Waals surface area contributed by atoms with Gasteiger partial charge >= 0.3 is 0 Å². The third kappa shape index (κ3) is 5.72. The van der Waals surface area contributed by atoms with E-state index in [1.54, 1.807) is 0 Å². The van der Waals surface area contributed by atoms with E-state index in [1.807, 2.05) is 0 Å². The van der Waals surface area contributed by atoms with Crippen LogP contribution in [0.4, 0.5) is 0 Å². The molecular formula is C4H10ClNO2. The lowest BCUT2D eigenvalue weighted by Crippen LogP contribution is -2.06. The third-order valence-electron chi connectivity index (χ3n) is 0.522. The molecule has 3 nitrogen and oxygen atoms in total. The van der Waals surface area contributed by atoms with Gasteiger partial charge in [0.25, 0.3) is 0 Å². The van der Waals surface area contributed by atoms with Crippen molar-refractivity contribution >= 4 is 18.3 Å². The van der Waals surface area contributed by atoms with E-state index in [0.29, 0.717) is 0 Å². The second-order valence-corrected chi connectivity index (χ2v) is 1.06. The van der Waals surface area contributed by atoms with E-state index in [0.717, 1.165) is 0 Å². The van der Waals surface area contributed by atoms with Crippen LogP contribution in [0.5, 0.6) is 0 Å². The van der Waals surface area contributed by atoms with Gasteiger partial charge in [-0.25, -0.2) is 0 Å². The third-order valence-corrected chi connectivity index (χ3v) is 0.522. The Kier molecular flexibility index (Phi) is 8.95. The molecule has 0 aromatic rings. The molecular weight excluding hydrogens is 130 g/mol. The highest BCUT2D eigenvalue weighted by Crippen LogP contribution is 1.72. The Hall–Kier alpha value is -0.280. The zero-order chi connectivity index (χ0) is 5.70. The lowest BCUT2D eigenvalue weighted by molar-refractivity contribution is 0.217. The maximum absolute atomic E-state index is 6.79. The molecule has 4 heteroatoms. The molecule has 0 saturated heterocycles. The molecule has 0 amide bonds. The van der Waals surface area contributed by atoms with Gasteiger partial charge in [0.1, 0.15) is 6.61 Å². The van der Waals surface area contributed by atoms with Crippen LogP contribution in [0.25, 0.3) is 0 Å². The summed E-state index contributed by atoms with van der Waals surface area (Å²) in [5.41, 5.74) is 0. The maximum Gasteiger partial charge on any atom is 0.206 e. The molecule has 0 heterocycles. The largest absolute Gasteiger partial charge is 0.483 e. The Bertz CT molecular complexity index is 67.1. The first-order valence-electron chi connectivity index (χ1n) is 1.91. The summed E-state index contributed by atoms with van der Waals surface area (Å²) in [5, 5.41) is 6.79. The van der Waals surface area contributed by atoms with Gasteiger partial charge in [0, 0.05) is 7.11 Å². The van der Waals surface area contributed by atoms with E-state index >= 15 is 0 Å². The number of methoxy groups -OCH3 is 2. The average Bonchev–Trinajstić information content (AvgIpc) is 1.68. The number of nitrogens with one attached hydrogen (secondary N) is 1. The summed E-state index contributed by atoms with van der Waals surface area (Å²) in [4.78, 5) is 0. The molecule has 0 aliphatic carbocycles. The number of hydrogen-bond donors (Lipinski definition) is 1. The number of ether oxygens (including phenoxy) is 2.